The van der Waals surface area contributed by atoms with Crippen LogP contribution < -0.4 is 15.1 Å². The van der Waals surface area contributed by atoms with Crippen molar-refractivity contribution in [1.29, 1.82) is 5.26 Å². The highest BCUT2D eigenvalue weighted by atomic mass is 16.2. The summed E-state index contributed by atoms with van der Waals surface area (Å²) in [6.45, 7) is 15.3. The fourth-order valence-electron chi connectivity index (χ4n) is 6.43. The summed E-state index contributed by atoms with van der Waals surface area (Å²) >= 11 is 0. The smallest absolute Gasteiger partial charge is 0.254 e. The summed E-state index contributed by atoms with van der Waals surface area (Å²) in [6, 6.07) is 16.7. The Hall–Kier alpha value is -4.05. The lowest BCUT2D eigenvalue weighted by atomic mass is 9.90. The van der Waals surface area contributed by atoms with Gasteiger partial charge in [-0.15, -0.1) is 0 Å². The van der Waals surface area contributed by atoms with E-state index in [4.69, 9.17) is 0 Å². The molecule has 1 aromatic heterocycles. The van der Waals surface area contributed by atoms with Crippen LogP contribution in [-0.4, -0.2) is 61.1 Å². The first-order valence-corrected chi connectivity index (χ1v) is 14.4. The Morgan fingerprint density at radius 3 is 2.42 bits per heavy atom. The average molecular weight is 539 g/mol. The Morgan fingerprint density at radius 2 is 1.73 bits per heavy atom. The third kappa shape index (κ3) is 5.36. The predicted octanol–water partition coefficient (Wildman–Crippen LogP) is 5.72. The second-order valence-corrected chi connectivity index (χ2v) is 11.4. The standard InChI is InChI=1S/C33H40N6O.H2/c1-22-9-8-13-35-32(22)37-15-17-38(18-16-37)33(40)30-23(2)19-24(3)31(26(30)5)36-28-12-14-39(21-25(28)4)29-11-7-6-10-27(29)20-34;/h6-11,13,19,25,28,36H,12,14-18,21H2,1-5H3;1H/t25-,28+;/m1./s1. The van der Waals surface area contributed by atoms with Crippen LogP contribution >= 0.6 is 0 Å². The van der Waals surface area contributed by atoms with Gasteiger partial charge in [0, 0.05) is 64.2 Å². The number of hydrogen-bond acceptors (Lipinski definition) is 6. The third-order valence-electron chi connectivity index (χ3n) is 8.63. The van der Waals surface area contributed by atoms with E-state index in [9.17, 15) is 10.1 Å². The predicted molar refractivity (Wildman–Crippen MR) is 164 cm³/mol. The molecule has 2 fully saturated rings. The van der Waals surface area contributed by atoms with Gasteiger partial charge >= 0.3 is 0 Å². The van der Waals surface area contributed by atoms with Crippen molar-refractivity contribution in [3.8, 4) is 6.07 Å². The number of amides is 1. The van der Waals surface area contributed by atoms with Gasteiger partial charge in [0.25, 0.3) is 5.91 Å². The number of carbonyl (C=O) groups excluding carboxylic acids is 1. The minimum absolute atomic E-state index is 0. The zero-order valence-corrected chi connectivity index (χ0v) is 24.4. The Morgan fingerprint density at radius 1 is 0.975 bits per heavy atom. The Bertz CT molecular complexity index is 1440. The molecule has 1 amide bonds. The molecule has 0 unspecified atom stereocenters. The molecule has 3 aromatic rings. The first kappa shape index (κ1) is 27.5. The molecule has 2 aliphatic heterocycles. The quantitative estimate of drug-likeness (QED) is 0.448. The number of nitriles is 1. The van der Waals surface area contributed by atoms with Gasteiger partial charge in [0.2, 0.25) is 0 Å². The number of nitrogens with one attached hydrogen (secondary N) is 1. The topological polar surface area (TPSA) is 75.5 Å². The molecule has 7 heteroatoms. The summed E-state index contributed by atoms with van der Waals surface area (Å²) in [6.07, 6.45) is 2.80. The van der Waals surface area contributed by atoms with E-state index in [0.29, 0.717) is 25.0 Å². The third-order valence-corrected chi connectivity index (χ3v) is 8.63. The lowest BCUT2D eigenvalue weighted by molar-refractivity contribution is 0.0745. The van der Waals surface area contributed by atoms with Gasteiger partial charge in [0.05, 0.1) is 11.3 Å². The number of aromatic nitrogens is 1. The van der Waals surface area contributed by atoms with Crippen molar-refractivity contribution in [2.45, 2.75) is 47.1 Å². The summed E-state index contributed by atoms with van der Waals surface area (Å²) in [7, 11) is 0. The fourth-order valence-corrected chi connectivity index (χ4v) is 6.43. The van der Waals surface area contributed by atoms with E-state index in [-0.39, 0.29) is 7.33 Å². The highest BCUT2D eigenvalue weighted by Gasteiger charge is 2.30. The van der Waals surface area contributed by atoms with E-state index in [2.05, 4.69) is 72.9 Å². The molecule has 2 atom stereocenters. The van der Waals surface area contributed by atoms with Crippen molar-refractivity contribution in [2.75, 3.05) is 54.4 Å². The molecular weight excluding hydrogens is 496 g/mol. The number of pyridine rings is 1. The second-order valence-electron chi connectivity index (χ2n) is 11.4. The van der Waals surface area contributed by atoms with Crippen LogP contribution in [0.15, 0.2) is 48.7 Å². The first-order chi connectivity index (χ1) is 19.3. The highest BCUT2D eigenvalue weighted by Crippen LogP contribution is 2.33. The van der Waals surface area contributed by atoms with Gasteiger partial charge in [-0.1, -0.05) is 31.2 Å². The van der Waals surface area contributed by atoms with Crippen molar-refractivity contribution < 1.29 is 6.22 Å². The Kier molecular flexibility index (Phi) is 7.97. The molecule has 2 aromatic carbocycles. The maximum absolute atomic E-state index is 13.9. The molecular formula is C33H42N6O. The van der Waals surface area contributed by atoms with Gasteiger partial charge in [-0.3, -0.25) is 4.79 Å². The van der Waals surface area contributed by atoms with Crippen molar-refractivity contribution >= 4 is 23.1 Å². The first-order valence-electron chi connectivity index (χ1n) is 14.4. The maximum atomic E-state index is 13.9. The maximum Gasteiger partial charge on any atom is 0.254 e. The van der Waals surface area contributed by atoms with E-state index in [0.717, 1.165) is 77.6 Å². The van der Waals surface area contributed by atoms with Gasteiger partial charge < -0.3 is 20.0 Å². The summed E-state index contributed by atoms with van der Waals surface area (Å²) in [5, 5.41) is 13.4. The van der Waals surface area contributed by atoms with Crippen molar-refractivity contribution in [3.63, 3.8) is 0 Å². The minimum atomic E-state index is 0. The zero-order valence-electron chi connectivity index (χ0n) is 24.4. The molecule has 5 rings (SSSR count). The summed E-state index contributed by atoms with van der Waals surface area (Å²) in [4.78, 5) is 25.0. The van der Waals surface area contributed by atoms with E-state index >= 15 is 0 Å². The molecule has 210 valence electrons. The normalized spacial score (nSPS) is 19.4. The minimum Gasteiger partial charge on any atom is -0.381 e. The number of carbonyl (C=O) groups is 1. The van der Waals surface area contributed by atoms with Gasteiger partial charge in [0.15, 0.2) is 0 Å². The molecule has 0 saturated carbocycles. The second kappa shape index (κ2) is 11.6. The molecule has 2 aliphatic rings. The van der Waals surface area contributed by atoms with Crippen LogP contribution in [-0.2, 0) is 0 Å². The van der Waals surface area contributed by atoms with E-state index in [1.165, 1.54) is 5.56 Å². The lowest BCUT2D eigenvalue weighted by Gasteiger charge is -2.40. The van der Waals surface area contributed by atoms with Crippen LogP contribution in [0.5, 0.6) is 0 Å². The zero-order chi connectivity index (χ0) is 28.4. The average Bonchev–Trinajstić information content (AvgIpc) is 2.96. The number of piperazine rings is 1. The lowest BCUT2D eigenvalue weighted by Crippen LogP contribution is -2.49. The van der Waals surface area contributed by atoms with Crippen molar-refractivity contribution in [3.05, 3.63) is 82.0 Å². The highest BCUT2D eigenvalue weighted by molar-refractivity contribution is 5.99. The van der Waals surface area contributed by atoms with Gasteiger partial charge in [-0.25, -0.2) is 4.98 Å². The van der Waals surface area contributed by atoms with E-state index < -0.39 is 0 Å². The van der Waals surface area contributed by atoms with Crippen LogP contribution in [0.1, 0.15) is 52.9 Å². The summed E-state index contributed by atoms with van der Waals surface area (Å²) in [5.74, 6) is 1.51. The molecule has 2 saturated heterocycles. The monoisotopic (exact) mass is 538 g/mol. The van der Waals surface area contributed by atoms with Gasteiger partial charge in [-0.05, 0) is 80.5 Å². The fraction of sp³-hybridized carbons (Fsp3) is 0.424. The molecule has 7 nitrogen and oxygen atoms in total. The summed E-state index contributed by atoms with van der Waals surface area (Å²) < 4.78 is 0. The molecule has 0 aliphatic carbocycles. The van der Waals surface area contributed by atoms with Crippen LogP contribution in [0.25, 0.3) is 0 Å². The number of piperidine rings is 1. The molecule has 0 radical (unpaired) electrons. The summed E-state index contributed by atoms with van der Waals surface area (Å²) in [5.41, 5.74) is 8.06. The van der Waals surface area contributed by atoms with Gasteiger partial charge in [-0.2, -0.15) is 5.26 Å². The number of rotatable bonds is 5. The van der Waals surface area contributed by atoms with E-state index in [1.807, 2.05) is 41.4 Å². The van der Waals surface area contributed by atoms with Crippen LogP contribution in [0.3, 0.4) is 0 Å². The van der Waals surface area contributed by atoms with Crippen LogP contribution in [0.4, 0.5) is 17.2 Å². The van der Waals surface area contributed by atoms with Crippen molar-refractivity contribution in [1.82, 2.24) is 9.88 Å². The molecule has 3 heterocycles. The largest absolute Gasteiger partial charge is 0.381 e. The number of para-hydroxylation sites is 1. The number of benzene rings is 2. The molecule has 40 heavy (non-hydrogen) atoms. The molecule has 1 N–H and O–H groups in total. The van der Waals surface area contributed by atoms with Crippen LogP contribution in [0, 0.1) is 44.9 Å². The molecule has 0 spiro atoms. The molecule has 0 bridgehead atoms. The van der Waals surface area contributed by atoms with E-state index in [1.54, 1.807) is 0 Å². The Labute approximate surface area is 239 Å². The van der Waals surface area contributed by atoms with Crippen LogP contribution in [0.2, 0.25) is 0 Å². The number of anilines is 3. The number of nitrogens with zero attached hydrogens (tertiary/aromatic N) is 5. The Balaban J connectivity index is 0.00000387. The van der Waals surface area contributed by atoms with Crippen molar-refractivity contribution in [2.24, 2.45) is 5.92 Å². The number of aryl methyl sites for hydroxylation is 3. The van der Waals surface area contributed by atoms with Gasteiger partial charge in [0.1, 0.15) is 11.9 Å². The number of hydrogen-bond donors (Lipinski definition) is 1. The SMILES string of the molecule is Cc1cccnc1N1CCN(C(=O)c2c(C)cc(C)c(N[C@H]3CCN(c4ccccc4C#N)C[C@H]3C)c2C)CC1.[HH].